The smallest absolute Gasteiger partial charge is 0.221 e. The predicted molar refractivity (Wildman–Crippen MR) is 55.6 cm³/mol. The minimum atomic E-state index is -0.0682. The Hall–Kier alpha value is -1.09. The summed E-state index contributed by atoms with van der Waals surface area (Å²) in [5.74, 6) is -0.0682. The summed E-state index contributed by atoms with van der Waals surface area (Å²) in [6.45, 7) is 1.50. The van der Waals surface area contributed by atoms with Gasteiger partial charge in [0.25, 0.3) is 0 Å². The Labute approximate surface area is 87.5 Å². The van der Waals surface area contributed by atoms with Crippen LogP contribution < -0.4 is 5.32 Å². The molecule has 1 aromatic rings. The minimum Gasteiger partial charge on any atom is -0.326 e. The maximum Gasteiger partial charge on any atom is 0.221 e. The van der Waals surface area contributed by atoms with Crippen molar-refractivity contribution in [2.75, 3.05) is 5.32 Å². The van der Waals surface area contributed by atoms with Gasteiger partial charge in [0, 0.05) is 18.3 Å². The Kier molecular flexibility index (Phi) is 2.42. The van der Waals surface area contributed by atoms with Gasteiger partial charge in [0.05, 0.1) is 0 Å². The van der Waals surface area contributed by atoms with Crippen molar-refractivity contribution in [2.24, 2.45) is 0 Å². The first-order chi connectivity index (χ1) is 6.66. The molecule has 0 saturated carbocycles. The van der Waals surface area contributed by atoms with Gasteiger partial charge in [0.1, 0.15) is 5.15 Å². The first kappa shape index (κ1) is 9.46. The van der Waals surface area contributed by atoms with Crippen LogP contribution in [0.15, 0.2) is 6.07 Å². The zero-order valence-electron chi connectivity index (χ0n) is 7.93. The molecule has 0 aliphatic heterocycles. The zero-order valence-corrected chi connectivity index (χ0v) is 8.69. The number of carbonyl (C=O) groups is 1. The first-order valence-corrected chi connectivity index (χ1v) is 5.00. The highest BCUT2D eigenvalue weighted by Gasteiger charge is 2.17. The second-order valence-corrected chi connectivity index (χ2v) is 3.84. The summed E-state index contributed by atoms with van der Waals surface area (Å²) in [5.41, 5.74) is 3.00. The van der Waals surface area contributed by atoms with Crippen molar-refractivity contribution < 1.29 is 4.79 Å². The van der Waals surface area contributed by atoms with Gasteiger partial charge < -0.3 is 5.32 Å². The van der Waals surface area contributed by atoms with Crippen molar-refractivity contribution >= 4 is 23.2 Å². The molecule has 0 aromatic carbocycles. The number of hydrogen-bond acceptors (Lipinski definition) is 2. The van der Waals surface area contributed by atoms with E-state index in [4.69, 9.17) is 11.6 Å². The number of nitrogens with one attached hydrogen (secondary N) is 1. The molecular weight excluding hydrogens is 200 g/mol. The number of amides is 1. The highest BCUT2D eigenvalue weighted by Crippen LogP contribution is 2.29. The summed E-state index contributed by atoms with van der Waals surface area (Å²) in [6.07, 6.45) is 3.03. The molecule has 0 fully saturated rings. The molecule has 0 atom stereocenters. The van der Waals surface area contributed by atoms with E-state index in [2.05, 4.69) is 10.3 Å². The van der Waals surface area contributed by atoms with Crippen molar-refractivity contribution in [1.82, 2.24) is 4.98 Å². The van der Waals surface area contributed by atoms with Gasteiger partial charge in [0.2, 0.25) is 5.91 Å². The second kappa shape index (κ2) is 3.58. The number of carbonyl (C=O) groups excluding carboxylic acids is 1. The molecular formula is C10H11ClN2O. The Morgan fingerprint density at radius 2 is 2.36 bits per heavy atom. The first-order valence-electron chi connectivity index (χ1n) is 4.62. The predicted octanol–water partition coefficient (Wildman–Crippen LogP) is 2.18. The van der Waals surface area contributed by atoms with Gasteiger partial charge in [-0.3, -0.25) is 4.79 Å². The maximum atomic E-state index is 10.9. The number of halogens is 1. The Morgan fingerprint density at radius 3 is 3.07 bits per heavy atom. The van der Waals surface area contributed by atoms with Crippen LogP contribution >= 0.6 is 11.6 Å². The molecule has 4 heteroatoms. The van der Waals surface area contributed by atoms with Crippen LogP contribution in [0.5, 0.6) is 0 Å². The topological polar surface area (TPSA) is 42.0 Å². The Balaban J connectivity index is 2.43. The van der Waals surface area contributed by atoms with Crippen molar-refractivity contribution in [1.29, 1.82) is 0 Å². The largest absolute Gasteiger partial charge is 0.326 e. The molecule has 0 unspecified atom stereocenters. The summed E-state index contributed by atoms with van der Waals surface area (Å²) >= 11 is 5.85. The van der Waals surface area contributed by atoms with Crippen LogP contribution in [0.1, 0.15) is 24.6 Å². The van der Waals surface area contributed by atoms with Gasteiger partial charge in [-0.2, -0.15) is 0 Å². The molecule has 1 aromatic heterocycles. The Morgan fingerprint density at radius 1 is 1.57 bits per heavy atom. The molecule has 0 bridgehead atoms. The van der Waals surface area contributed by atoms with Gasteiger partial charge in [-0.15, -0.1) is 0 Å². The van der Waals surface area contributed by atoms with Gasteiger partial charge >= 0.3 is 0 Å². The zero-order chi connectivity index (χ0) is 10.1. The van der Waals surface area contributed by atoms with Crippen molar-refractivity contribution in [3.05, 3.63) is 22.5 Å². The third-order valence-corrected chi connectivity index (χ3v) is 2.52. The highest BCUT2D eigenvalue weighted by atomic mass is 35.5. The number of rotatable bonds is 1. The van der Waals surface area contributed by atoms with E-state index in [0.717, 1.165) is 36.2 Å². The Bertz CT molecular complexity index is 390. The molecule has 1 amide bonds. The number of aryl methyl sites for hydroxylation is 1. The average molecular weight is 211 g/mol. The summed E-state index contributed by atoms with van der Waals surface area (Å²) in [6, 6.07) is 1.72. The fraction of sp³-hybridized carbons (Fsp3) is 0.400. The number of hydrogen-bond donors (Lipinski definition) is 1. The molecule has 0 radical (unpaired) electrons. The van der Waals surface area contributed by atoms with Crippen molar-refractivity contribution in [3.8, 4) is 0 Å². The van der Waals surface area contributed by atoms with E-state index in [1.54, 1.807) is 6.07 Å². The summed E-state index contributed by atoms with van der Waals surface area (Å²) < 4.78 is 0. The molecule has 74 valence electrons. The summed E-state index contributed by atoms with van der Waals surface area (Å²) in [5, 5.41) is 3.24. The normalized spacial score (nSPS) is 13.9. The molecule has 0 saturated heterocycles. The number of anilines is 1. The number of aromatic nitrogens is 1. The molecule has 1 N–H and O–H groups in total. The standard InChI is InChI=1S/C10H11ClN2O/c1-6(14)12-9-5-10(11)13-8-4-2-3-7(8)9/h5H,2-4H2,1H3,(H,12,13,14). The fourth-order valence-corrected chi connectivity index (χ4v) is 2.02. The lowest BCUT2D eigenvalue weighted by atomic mass is 10.2. The van der Waals surface area contributed by atoms with Crippen molar-refractivity contribution in [2.45, 2.75) is 26.2 Å². The van der Waals surface area contributed by atoms with E-state index in [1.165, 1.54) is 6.92 Å². The van der Waals surface area contributed by atoms with Gasteiger partial charge in [-0.05, 0) is 30.9 Å². The van der Waals surface area contributed by atoms with E-state index in [9.17, 15) is 4.79 Å². The van der Waals surface area contributed by atoms with E-state index in [1.807, 2.05) is 0 Å². The number of fused-ring (bicyclic) bond motifs is 1. The van der Waals surface area contributed by atoms with Crippen LogP contribution in [0, 0.1) is 0 Å². The monoisotopic (exact) mass is 210 g/mol. The third kappa shape index (κ3) is 1.73. The molecule has 2 rings (SSSR count). The lowest BCUT2D eigenvalue weighted by molar-refractivity contribution is -0.114. The van der Waals surface area contributed by atoms with Crippen molar-refractivity contribution in [3.63, 3.8) is 0 Å². The van der Waals surface area contributed by atoms with Gasteiger partial charge in [-0.25, -0.2) is 4.98 Å². The van der Waals surface area contributed by atoms with E-state index in [0.29, 0.717) is 5.15 Å². The third-order valence-electron chi connectivity index (χ3n) is 2.33. The quantitative estimate of drug-likeness (QED) is 0.722. The lowest BCUT2D eigenvalue weighted by Gasteiger charge is -2.08. The van der Waals surface area contributed by atoms with E-state index >= 15 is 0 Å². The van der Waals surface area contributed by atoms with Crippen LogP contribution in [0.4, 0.5) is 5.69 Å². The lowest BCUT2D eigenvalue weighted by Crippen LogP contribution is -2.08. The summed E-state index contributed by atoms with van der Waals surface area (Å²) in [4.78, 5) is 15.2. The fourth-order valence-electron chi connectivity index (χ4n) is 1.81. The van der Waals surface area contributed by atoms with Crippen LogP contribution in [0.2, 0.25) is 5.15 Å². The average Bonchev–Trinajstić information content (AvgIpc) is 2.50. The van der Waals surface area contributed by atoms with Gasteiger partial charge in [-0.1, -0.05) is 11.6 Å². The van der Waals surface area contributed by atoms with E-state index < -0.39 is 0 Å². The second-order valence-electron chi connectivity index (χ2n) is 3.45. The van der Waals surface area contributed by atoms with E-state index in [-0.39, 0.29) is 5.91 Å². The molecule has 3 nitrogen and oxygen atoms in total. The van der Waals surface area contributed by atoms with Crippen LogP contribution in [0.25, 0.3) is 0 Å². The van der Waals surface area contributed by atoms with Crippen LogP contribution in [0.3, 0.4) is 0 Å². The molecule has 1 aliphatic rings. The number of pyridine rings is 1. The van der Waals surface area contributed by atoms with Gasteiger partial charge in [0.15, 0.2) is 0 Å². The molecule has 14 heavy (non-hydrogen) atoms. The molecule has 0 spiro atoms. The van der Waals surface area contributed by atoms with Crippen LogP contribution in [-0.4, -0.2) is 10.9 Å². The summed E-state index contributed by atoms with van der Waals surface area (Å²) in [7, 11) is 0. The number of nitrogens with zero attached hydrogens (tertiary/aromatic N) is 1. The minimum absolute atomic E-state index is 0.0682. The maximum absolute atomic E-state index is 10.9. The van der Waals surface area contributed by atoms with Crippen LogP contribution in [-0.2, 0) is 17.6 Å². The highest BCUT2D eigenvalue weighted by molar-refractivity contribution is 6.29. The molecule has 1 aliphatic carbocycles. The molecule has 1 heterocycles. The SMILES string of the molecule is CC(=O)Nc1cc(Cl)nc2c1CCC2.